The first-order chi connectivity index (χ1) is 8.33. The lowest BCUT2D eigenvalue weighted by Gasteiger charge is -2.26. The third-order valence-electron chi connectivity index (χ3n) is 3.26. The molecule has 1 N–H and O–H groups in total. The molecule has 0 spiro atoms. The van der Waals surface area contributed by atoms with E-state index in [4.69, 9.17) is 0 Å². The number of nitrogens with zero attached hydrogens (tertiary/aromatic N) is 2. The number of rotatable bonds is 5. The van der Waals surface area contributed by atoms with Crippen molar-refractivity contribution in [3.63, 3.8) is 0 Å². The molecule has 0 bridgehead atoms. The standard InChI is InChI=1S/C15H27N3/c1-7-12(2)18(6)14-8-9-16-13(10-14)11-17-15(3,4)5/h8-10,12,17H,7,11H2,1-6H3. The van der Waals surface area contributed by atoms with Crippen molar-refractivity contribution < 1.29 is 0 Å². The monoisotopic (exact) mass is 249 g/mol. The van der Waals surface area contributed by atoms with Crippen molar-refractivity contribution in [2.24, 2.45) is 0 Å². The third kappa shape index (κ3) is 4.65. The Bertz CT molecular complexity index is 368. The predicted octanol–water partition coefficient (Wildman–Crippen LogP) is 3.20. The first-order valence-corrected chi connectivity index (χ1v) is 6.76. The summed E-state index contributed by atoms with van der Waals surface area (Å²) in [6.45, 7) is 11.8. The molecule has 1 atom stereocenters. The zero-order chi connectivity index (χ0) is 13.8. The van der Waals surface area contributed by atoms with Crippen molar-refractivity contribution >= 4 is 5.69 Å². The van der Waals surface area contributed by atoms with Crippen LogP contribution in [0.1, 0.15) is 46.7 Å². The number of anilines is 1. The maximum absolute atomic E-state index is 4.42. The van der Waals surface area contributed by atoms with Crippen molar-refractivity contribution in [1.29, 1.82) is 0 Å². The number of hydrogen-bond acceptors (Lipinski definition) is 3. The summed E-state index contributed by atoms with van der Waals surface area (Å²) in [6.07, 6.45) is 3.04. The van der Waals surface area contributed by atoms with E-state index < -0.39 is 0 Å². The van der Waals surface area contributed by atoms with Gasteiger partial charge in [-0.1, -0.05) is 6.92 Å². The largest absolute Gasteiger partial charge is 0.372 e. The lowest BCUT2D eigenvalue weighted by atomic mass is 10.1. The van der Waals surface area contributed by atoms with Gasteiger partial charge in [0, 0.05) is 37.1 Å². The predicted molar refractivity (Wildman–Crippen MR) is 79.0 cm³/mol. The summed E-state index contributed by atoms with van der Waals surface area (Å²) in [5.41, 5.74) is 2.46. The minimum atomic E-state index is 0.125. The minimum absolute atomic E-state index is 0.125. The van der Waals surface area contributed by atoms with Crippen LogP contribution >= 0.6 is 0 Å². The van der Waals surface area contributed by atoms with Crippen LogP contribution in [0, 0.1) is 0 Å². The lowest BCUT2D eigenvalue weighted by Crippen LogP contribution is -2.35. The van der Waals surface area contributed by atoms with E-state index in [9.17, 15) is 0 Å². The van der Waals surface area contributed by atoms with Crippen LogP contribution in [-0.4, -0.2) is 23.6 Å². The molecule has 0 saturated carbocycles. The van der Waals surface area contributed by atoms with Crippen molar-refractivity contribution in [3.05, 3.63) is 24.0 Å². The molecule has 102 valence electrons. The molecular formula is C15H27N3. The average Bonchev–Trinajstić information content (AvgIpc) is 2.34. The van der Waals surface area contributed by atoms with E-state index in [1.807, 2.05) is 6.20 Å². The molecule has 1 unspecified atom stereocenters. The Hall–Kier alpha value is -1.09. The second-order valence-electron chi connectivity index (χ2n) is 5.98. The van der Waals surface area contributed by atoms with Crippen molar-refractivity contribution in [1.82, 2.24) is 10.3 Å². The zero-order valence-electron chi connectivity index (χ0n) is 12.6. The Balaban J connectivity index is 2.73. The molecule has 1 rings (SSSR count). The van der Waals surface area contributed by atoms with Crippen LogP contribution in [0.2, 0.25) is 0 Å². The number of pyridine rings is 1. The van der Waals surface area contributed by atoms with E-state index in [2.05, 4.69) is 69.0 Å². The van der Waals surface area contributed by atoms with Gasteiger partial charge in [0.15, 0.2) is 0 Å². The SMILES string of the molecule is CCC(C)N(C)c1ccnc(CNC(C)(C)C)c1. The molecule has 0 aliphatic carbocycles. The van der Waals surface area contributed by atoms with Gasteiger partial charge in [0.25, 0.3) is 0 Å². The van der Waals surface area contributed by atoms with Gasteiger partial charge in [0.05, 0.1) is 5.69 Å². The van der Waals surface area contributed by atoms with Crippen LogP contribution in [-0.2, 0) is 6.54 Å². The second kappa shape index (κ2) is 6.19. The van der Waals surface area contributed by atoms with Crippen molar-refractivity contribution in [2.75, 3.05) is 11.9 Å². The molecule has 3 heteroatoms. The molecule has 1 heterocycles. The van der Waals surface area contributed by atoms with Gasteiger partial charge in [-0.15, -0.1) is 0 Å². The van der Waals surface area contributed by atoms with Gasteiger partial charge in [-0.3, -0.25) is 4.98 Å². The number of aromatic nitrogens is 1. The van der Waals surface area contributed by atoms with E-state index in [0.717, 1.165) is 18.7 Å². The lowest BCUT2D eigenvalue weighted by molar-refractivity contribution is 0.421. The maximum atomic E-state index is 4.42. The summed E-state index contributed by atoms with van der Waals surface area (Å²) in [5, 5.41) is 3.47. The van der Waals surface area contributed by atoms with Gasteiger partial charge in [-0.2, -0.15) is 0 Å². The Morgan fingerprint density at radius 3 is 2.61 bits per heavy atom. The van der Waals surface area contributed by atoms with Crippen molar-refractivity contribution in [2.45, 2.75) is 59.2 Å². The smallest absolute Gasteiger partial charge is 0.0562 e. The molecule has 0 aliphatic rings. The molecular weight excluding hydrogens is 222 g/mol. The molecule has 3 nitrogen and oxygen atoms in total. The van der Waals surface area contributed by atoms with Crippen LogP contribution in [0.25, 0.3) is 0 Å². The minimum Gasteiger partial charge on any atom is -0.372 e. The van der Waals surface area contributed by atoms with Crippen LogP contribution in [0.3, 0.4) is 0 Å². The fourth-order valence-electron chi connectivity index (χ4n) is 1.67. The highest BCUT2D eigenvalue weighted by molar-refractivity contribution is 5.46. The molecule has 0 amide bonds. The van der Waals surface area contributed by atoms with Gasteiger partial charge >= 0.3 is 0 Å². The van der Waals surface area contributed by atoms with E-state index >= 15 is 0 Å². The zero-order valence-corrected chi connectivity index (χ0v) is 12.6. The van der Waals surface area contributed by atoms with Gasteiger partial charge in [0.1, 0.15) is 0 Å². The van der Waals surface area contributed by atoms with Crippen molar-refractivity contribution in [3.8, 4) is 0 Å². The van der Waals surface area contributed by atoms with E-state index in [1.54, 1.807) is 0 Å². The average molecular weight is 249 g/mol. The molecule has 0 radical (unpaired) electrons. The number of nitrogens with one attached hydrogen (secondary N) is 1. The fraction of sp³-hybridized carbons (Fsp3) is 0.667. The second-order valence-corrected chi connectivity index (χ2v) is 5.98. The summed E-state index contributed by atoms with van der Waals surface area (Å²) < 4.78 is 0. The first-order valence-electron chi connectivity index (χ1n) is 6.76. The molecule has 1 aromatic rings. The topological polar surface area (TPSA) is 28.2 Å². The third-order valence-corrected chi connectivity index (χ3v) is 3.26. The van der Waals surface area contributed by atoms with E-state index in [0.29, 0.717) is 6.04 Å². The first kappa shape index (κ1) is 15.0. The Labute approximate surface area is 112 Å². The highest BCUT2D eigenvalue weighted by Crippen LogP contribution is 2.17. The van der Waals surface area contributed by atoms with Crippen LogP contribution in [0.5, 0.6) is 0 Å². The molecule has 0 aromatic carbocycles. The van der Waals surface area contributed by atoms with Crippen LogP contribution in [0.4, 0.5) is 5.69 Å². The maximum Gasteiger partial charge on any atom is 0.0562 e. The quantitative estimate of drug-likeness (QED) is 0.868. The van der Waals surface area contributed by atoms with E-state index in [1.165, 1.54) is 5.69 Å². The fourth-order valence-corrected chi connectivity index (χ4v) is 1.67. The molecule has 1 aromatic heterocycles. The summed E-state index contributed by atoms with van der Waals surface area (Å²) in [4.78, 5) is 6.73. The Morgan fingerprint density at radius 1 is 1.39 bits per heavy atom. The normalized spacial score (nSPS) is 13.4. The molecule has 0 aliphatic heterocycles. The number of hydrogen-bond donors (Lipinski definition) is 1. The Morgan fingerprint density at radius 2 is 2.06 bits per heavy atom. The highest BCUT2D eigenvalue weighted by atomic mass is 15.1. The van der Waals surface area contributed by atoms with Crippen LogP contribution < -0.4 is 10.2 Å². The van der Waals surface area contributed by atoms with Gasteiger partial charge in [-0.25, -0.2) is 0 Å². The summed E-state index contributed by atoms with van der Waals surface area (Å²) >= 11 is 0. The molecule has 0 saturated heterocycles. The molecule has 18 heavy (non-hydrogen) atoms. The van der Waals surface area contributed by atoms with Gasteiger partial charge in [0.2, 0.25) is 0 Å². The summed E-state index contributed by atoms with van der Waals surface area (Å²) in [7, 11) is 2.14. The highest BCUT2D eigenvalue weighted by Gasteiger charge is 2.11. The van der Waals surface area contributed by atoms with Gasteiger partial charge in [-0.05, 0) is 46.2 Å². The summed E-state index contributed by atoms with van der Waals surface area (Å²) in [5.74, 6) is 0. The Kier molecular flexibility index (Phi) is 5.15. The van der Waals surface area contributed by atoms with E-state index in [-0.39, 0.29) is 5.54 Å². The van der Waals surface area contributed by atoms with Crippen LogP contribution in [0.15, 0.2) is 18.3 Å². The van der Waals surface area contributed by atoms with Gasteiger partial charge < -0.3 is 10.2 Å². The summed E-state index contributed by atoms with van der Waals surface area (Å²) in [6, 6.07) is 4.80. The molecule has 0 fully saturated rings.